The van der Waals surface area contributed by atoms with Crippen molar-refractivity contribution >= 4 is 17.7 Å². The number of carboxylic acid groups (broad SMARTS) is 1. The van der Waals surface area contributed by atoms with Gasteiger partial charge >= 0.3 is 5.97 Å². The van der Waals surface area contributed by atoms with E-state index in [2.05, 4.69) is 12.2 Å². The predicted octanol–water partition coefficient (Wildman–Crippen LogP) is 1.72. The van der Waals surface area contributed by atoms with E-state index < -0.39 is 5.97 Å². The van der Waals surface area contributed by atoms with Gasteiger partial charge in [-0.2, -0.15) is 11.8 Å². The van der Waals surface area contributed by atoms with Gasteiger partial charge in [-0.1, -0.05) is 6.92 Å². The number of hydrogen-bond donors (Lipinski definition) is 2. The molecule has 1 saturated heterocycles. The first-order valence-electron chi connectivity index (χ1n) is 5.17. The van der Waals surface area contributed by atoms with Crippen LogP contribution in [0.3, 0.4) is 0 Å². The van der Waals surface area contributed by atoms with Gasteiger partial charge in [-0.3, -0.25) is 4.79 Å². The molecular weight excluding hydrogens is 198 g/mol. The van der Waals surface area contributed by atoms with E-state index in [1.165, 1.54) is 18.6 Å². The molecule has 0 aliphatic carbocycles. The van der Waals surface area contributed by atoms with Gasteiger partial charge in [0, 0.05) is 11.3 Å². The van der Waals surface area contributed by atoms with E-state index in [9.17, 15) is 4.79 Å². The van der Waals surface area contributed by atoms with Gasteiger partial charge in [-0.25, -0.2) is 0 Å². The van der Waals surface area contributed by atoms with E-state index in [0.717, 1.165) is 6.54 Å². The van der Waals surface area contributed by atoms with E-state index in [-0.39, 0.29) is 10.8 Å². The second-order valence-electron chi connectivity index (χ2n) is 4.08. The predicted molar refractivity (Wildman–Crippen MR) is 59.8 cm³/mol. The Morgan fingerprint density at radius 1 is 1.71 bits per heavy atom. The molecule has 4 heteroatoms. The quantitative estimate of drug-likeness (QED) is 0.736. The Morgan fingerprint density at radius 2 is 2.43 bits per heavy atom. The molecule has 0 aromatic carbocycles. The number of nitrogens with one attached hydrogen (secondary N) is 1. The van der Waals surface area contributed by atoms with Crippen molar-refractivity contribution in [3.63, 3.8) is 0 Å². The Bertz CT molecular complexity index is 202. The minimum Gasteiger partial charge on any atom is -0.480 e. The minimum absolute atomic E-state index is 0.253. The fourth-order valence-corrected chi connectivity index (χ4v) is 2.98. The van der Waals surface area contributed by atoms with Gasteiger partial charge in [0.25, 0.3) is 0 Å². The Kier molecular flexibility index (Phi) is 4.26. The van der Waals surface area contributed by atoms with E-state index in [4.69, 9.17) is 5.11 Å². The van der Waals surface area contributed by atoms with Crippen molar-refractivity contribution in [2.75, 3.05) is 12.3 Å². The maximum atomic E-state index is 10.8. The normalized spacial score (nSPS) is 29.0. The average molecular weight is 217 g/mol. The second-order valence-corrected chi connectivity index (χ2v) is 5.76. The highest BCUT2D eigenvalue weighted by Crippen LogP contribution is 2.37. The molecule has 0 bridgehead atoms. The van der Waals surface area contributed by atoms with Gasteiger partial charge in [-0.15, -0.1) is 0 Å². The Balaban J connectivity index is 2.34. The molecule has 0 aromatic rings. The summed E-state index contributed by atoms with van der Waals surface area (Å²) in [5.74, 6) is 0.473. The first-order chi connectivity index (χ1) is 6.57. The lowest BCUT2D eigenvalue weighted by molar-refractivity contribution is -0.139. The Labute approximate surface area is 89.6 Å². The highest BCUT2D eigenvalue weighted by molar-refractivity contribution is 8.00. The SMILES string of the molecule is CCC(NCC1(C)CCCS1)C(=O)O. The van der Waals surface area contributed by atoms with Crippen LogP contribution in [0, 0.1) is 0 Å². The molecule has 14 heavy (non-hydrogen) atoms. The fraction of sp³-hybridized carbons (Fsp3) is 0.900. The highest BCUT2D eigenvalue weighted by atomic mass is 32.2. The molecule has 2 atom stereocenters. The zero-order chi connectivity index (χ0) is 10.6. The number of hydrogen-bond acceptors (Lipinski definition) is 3. The monoisotopic (exact) mass is 217 g/mol. The lowest BCUT2D eigenvalue weighted by atomic mass is 10.1. The van der Waals surface area contributed by atoms with Crippen molar-refractivity contribution in [2.24, 2.45) is 0 Å². The van der Waals surface area contributed by atoms with Crippen molar-refractivity contribution in [3.05, 3.63) is 0 Å². The summed E-state index contributed by atoms with van der Waals surface area (Å²) in [6.45, 7) is 4.92. The minimum atomic E-state index is -0.737. The summed E-state index contributed by atoms with van der Waals surface area (Å²) < 4.78 is 0.253. The Morgan fingerprint density at radius 3 is 2.86 bits per heavy atom. The van der Waals surface area contributed by atoms with Crippen LogP contribution in [-0.4, -0.2) is 34.2 Å². The summed E-state index contributed by atoms with van der Waals surface area (Å²) in [6.07, 6.45) is 3.10. The Hall–Kier alpha value is -0.220. The third kappa shape index (κ3) is 3.17. The summed E-state index contributed by atoms with van der Waals surface area (Å²) in [6, 6.07) is -0.381. The number of carbonyl (C=O) groups is 1. The molecule has 3 nitrogen and oxygen atoms in total. The first kappa shape index (κ1) is 11.9. The van der Waals surface area contributed by atoms with Crippen LogP contribution >= 0.6 is 11.8 Å². The summed E-state index contributed by atoms with van der Waals surface area (Å²) in [5.41, 5.74) is 0. The lowest BCUT2D eigenvalue weighted by Gasteiger charge is -2.25. The number of carboxylic acids is 1. The van der Waals surface area contributed by atoms with Crippen LogP contribution in [0.5, 0.6) is 0 Å². The molecule has 2 unspecified atom stereocenters. The van der Waals surface area contributed by atoms with Gasteiger partial charge in [-0.05, 0) is 31.9 Å². The third-order valence-electron chi connectivity index (χ3n) is 2.73. The van der Waals surface area contributed by atoms with E-state index in [1.807, 2.05) is 18.7 Å². The average Bonchev–Trinajstić information content (AvgIpc) is 2.53. The molecule has 82 valence electrons. The van der Waals surface area contributed by atoms with Crippen LogP contribution < -0.4 is 5.32 Å². The van der Waals surface area contributed by atoms with Gasteiger partial charge in [0.05, 0.1) is 0 Å². The van der Waals surface area contributed by atoms with Gasteiger partial charge in [0.15, 0.2) is 0 Å². The third-order valence-corrected chi connectivity index (χ3v) is 4.27. The molecule has 0 amide bonds. The number of thioether (sulfide) groups is 1. The zero-order valence-electron chi connectivity index (χ0n) is 8.88. The van der Waals surface area contributed by atoms with Crippen molar-refractivity contribution in [2.45, 2.75) is 43.9 Å². The zero-order valence-corrected chi connectivity index (χ0v) is 9.69. The maximum Gasteiger partial charge on any atom is 0.320 e. The van der Waals surface area contributed by atoms with E-state index in [0.29, 0.717) is 6.42 Å². The summed E-state index contributed by atoms with van der Waals surface area (Å²) in [5, 5.41) is 12.0. The summed E-state index contributed by atoms with van der Waals surface area (Å²) in [7, 11) is 0. The van der Waals surface area contributed by atoms with Crippen molar-refractivity contribution in [1.82, 2.24) is 5.32 Å². The molecule has 1 heterocycles. The van der Waals surface area contributed by atoms with Crippen molar-refractivity contribution < 1.29 is 9.90 Å². The molecule has 1 aliphatic heterocycles. The standard InChI is InChI=1S/C10H19NO2S/c1-3-8(9(12)13)11-7-10(2)5-4-6-14-10/h8,11H,3-7H2,1-2H3,(H,12,13). The van der Waals surface area contributed by atoms with Crippen LogP contribution in [0.1, 0.15) is 33.1 Å². The number of rotatable bonds is 5. The van der Waals surface area contributed by atoms with Crippen molar-refractivity contribution in [1.29, 1.82) is 0 Å². The van der Waals surface area contributed by atoms with Gasteiger partial charge in [0.1, 0.15) is 6.04 Å². The first-order valence-corrected chi connectivity index (χ1v) is 6.16. The number of aliphatic carboxylic acids is 1. The summed E-state index contributed by atoms with van der Waals surface area (Å²) in [4.78, 5) is 10.8. The topological polar surface area (TPSA) is 49.3 Å². The van der Waals surface area contributed by atoms with Crippen LogP contribution in [-0.2, 0) is 4.79 Å². The van der Waals surface area contributed by atoms with Crippen molar-refractivity contribution in [3.8, 4) is 0 Å². The van der Waals surface area contributed by atoms with Gasteiger partial charge < -0.3 is 10.4 Å². The largest absolute Gasteiger partial charge is 0.480 e. The van der Waals surface area contributed by atoms with E-state index in [1.54, 1.807) is 0 Å². The molecule has 2 N–H and O–H groups in total. The van der Waals surface area contributed by atoms with Crippen LogP contribution in [0.4, 0.5) is 0 Å². The molecule has 0 radical (unpaired) electrons. The molecule has 0 aromatic heterocycles. The maximum absolute atomic E-state index is 10.8. The fourth-order valence-electron chi connectivity index (χ4n) is 1.72. The van der Waals surface area contributed by atoms with Crippen LogP contribution in [0.15, 0.2) is 0 Å². The van der Waals surface area contributed by atoms with Crippen LogP contribution in [0.25, 0.3) is 0 Å². The molecule has 1 fully saturated rings. The summed E-state index contributed by atoms with van der Waals surface area (Å²) >= 11 is 1.95. The smallest absolute Gasteiger partial charge is 0.320 e. The molecular formula is C10H19NO2S. The molecule has 0 saturated carbocycles. The molecule has 0 spiro atoms. The van der Waals surface area contributed by atoms with E-state index >= 15 is 0 Å². The lowest BCUT2D eigenvalue weighted by Crippen LogP contribution is -2.43. The highest BCUT2D eigenvalue weighted by Gasteiger charge is 2.30. The van der Waals surface area contributed by atoms with Crippen LogP contribution in [0.2, 0.25) is 0 Å². The molecule has 1 rings (SSSR count). The molecule has 1 aliphatic rings. The van der Waals surface area contributed by atoms with Gasteiger partial charge in [0.2, 0.25) is 0 Å². The second kappa shape index (κ2) is 5.03.